The summed E-state index contributed by atoms with van der Waals surface area (Å²) in [5.41, 5.74) is 6.29. The van der Waals surface area contributed by atoms with E-state index in [1.807, 2.05) is 44.2 Å². The van der Waals surface area contributed by atoms with E-state index in [1.165, 1.54) is 7.11 Å². The Morgan fingerprint density at radius 2 is 1.74 bits per heavy atom. The summed E-state index contributed by atoms with van der Waals surface area (Å²) in [6, 6.07) is 14.4. The van der Waals surface area contributed by atoms with Crippen LogP contribution >= 0.6 is 0 Å². The fourth-order valence-corrected chi connectivity index (χ4v) is 2.78. The molecule has 2 rings (SSSR count). The van der Waals surface area contributed by atoms with Crippen LogP contribution in [0.3, 0.4) is 0 Å². The minimum Gasteiger partial charge on any atom is -0.493 e. The Morgan fingerprint density at radius 1 is 1.00 bits per heavy atom. The predicted molar refractivity (Wildman–Crippen MR) is 104 cm³/mol. The molecule has 144 valence electrons. The van der Waals surface area contributed by atoms with Crippen molar-refractivity contribution in [2.45, 2.75) is 32.6 Å². The lowest BCUT2D eigenvalue weighted by Gasteiger charge is -2.17. The summed E-state index contributed by atoms with van der Waals surface area (Å²) in [5, 5.41) is 0. The van der Waals surface area contributed by atoms with Gasteiger partial charge in [-0.2, -0.15) is 0 Å². The first-order valence-electron chi connectivity index (χ1n) is 9.06. The average Bonchev–Trinajstić information content (AvgIpc) is 2.71. The summed E-state index contributed by atoms with van der Waals surface area (Å²) in [6.07, 6.45) is 1.56. The smallest absolute Gasteiger partial charge is 0.269 e. The summed E-state index contributed by atoms with van der Waals surface area (Å²) < 4.78 is 10.7. The molecule has 2 aromatic rings. The van der Waals surface area contributed by atoms with E-state index in [0.29, 0.717) is 30.1 Å². The van der Waals surface area contributed by atoms with Crippen LogP contribution in [-0.2, 0) is 4.79 Å². The van der Waals surface area contributed by atoms with Gasteiger partial charge in [-0.3, -0.25) is 20.4 Å². The maximum atomic E-state index is 12.6. The highest BCUT2D eigenvalue weighted by Gasteiger charge is 2.20. The summed E-state index contributed by atoms with van der Waals surface area (Å²) in [6.45, 7) is 4.39. The fraction of sp³-hybridized carbons (Fsp3) is 0.333. The highest BCUT2D eigenvalue weighted by molar-refractivity contribution is 5.96. The Hall–Kier alpha value is -3.02. The Bertz CT molecular complexity index is 762. The van der Waals surface area contributed by atoms with E-state index in [-0.39, 0.29) is 11.8 Å². The van der Waals surface area contributed by atoms with E-state index in [0.717, 1.165) is 12.0 Å². The van der Waals surface area contributed by atoms with Crippen LogP contribution in [0.1, 0.15) is 48.5 Å². The van der Waals surface area contributed by atoms with Crippen LogP contribution in [0.15, 0.2) is 48.5 Å². The molecule has 0 heterocycles. The molecule has 0 aliphatic carbocycles. The van der Waals surface area contributed by atoms with Gasteiger partial charge < -0.3 is 9.47 Å². The molecule has 0 bridgehead atoms. The highest BCUT2D eigenvalue weighted by Crippen LogP contribution is 2.28. The van der Waals surface area contributed by atoms with E-state index in [4.69, 9.17) is 9.47 Å². The number of nitrogens with one attached hydrogen (secondary N) is 2. The molecule has 0 fully saturated rings. The van der Waals surface area contributed by atoms with Crippen LogP contribution in [-0.4, -0.2) is 25.5 Å². The first-order valence-corrected chi connectivity index (χ1v) is 9.06. The molecule has 2 amide bonds. The second-order valence-electron chi connectivity index (χ2n) is 5.99. The van der Waals surface area contributed by atoms with Gasteiger partial charge in [0, 0.05) is 5.56 Å². The second-order valence-corrected chi connectivity index (χ2v) is 5.99. The van der Waals surface area contributed by atoms with Crippen molar-refractivity contribution in [2.24, 2.45) is 0 Å². The van der Waals surface area contributed by atoms with E-state index in [9.17, 15) is 9.59 Å². The molecule has 0 aliphatic heterocycles. The van der Waals surface area contributed by atoms with E-state index in [1.54, 1.807) is 18.2 Å². The van der Waals surface area contributed by atoms with Crippen molar-refractivity contribution in [3.8, 4) is 11.5 Å². The molecule has 0 unspecified atom stereocenters. The van der Waals surface area contributed by atoms with Gasteiger partial charge in [-0.05, 0) is 37.1 Å². The van der Waals surface area contributed by atoms with Gasteiger partial charge in [0.25, 0.3) is 5.91 Å². The standard InChI is InChI=1S/C21H26N2O4/c1-4-9-17(15-10-7-6-8-11-15)21(25)23-22-20(24)16-12-13-18(27-5-2)19(14-16)26-3/h6-8,10-14,17H,4-5,9H2,1-3H3,(H,22,24)(H,23,25)/t17-/m1/s1. The summed E-state index contributed by atoms with van der Waals surface area (Å²) in [4.78, 5) is 24.9. The minimum atomic E-state index is -0.423. The Kier molecular flexibility index (Phi) is 7.67. The molecule has 0 aliphatic rings. The molecule has 0 aromatic heterocycles. The van der Waals surface area contributed by atoms with E-state index < -0.39 is 5.91 Å². The van der Waals surface area contributed by atoms with Crippen molar-refractivity contribution in [3.05, 3.63) is 59.7 Å². The number of benzene rings is 2. The van der Waals surface area contributed by atoms with Crippen molar-refractivity contribution in [2.75, 3.05) is 13.7 Å². The molecule has 0 radical (unpaired) electrons. The number of amides is 2. The van der Waals surface area contributed by atoms with Crippen LogP contribution < -0.4 is 20.3 Å². The third kappa shape index (κ3) is 5.48. The molecule has 2 aromatic carbocycles. The molecule has 2 N–H and O–H groups in total. The van der Waals surface area contributed by atoms with Crippen molar-refractivity contribution in [1.29, 1.82) is 0 Å². The fourth-order valence-electron chi connectivity index (χ4n) is 2.78. The zero-order valence-electron chi connectivity index (χ0n) is 16.0. The topological polar surface area (TPSA) is 76.7 Å². The van der Waals surface area contributed by atoms with Crippen molar-refractivity contribution >= 4 is 11.8 Å². The number of methoxy groups -OCH3 is 1. The van der Waals surface area contributed by atoms with Gasteiger partial charge in [0.05, 0.1) is 19.6 Å². The number of carbonyl (C=O) groups excluding carboxylic acids is 2. The van der Waals surface area contributed by atoms with Gasteiger partial charge in [0.2, 0.25) is 5.91 Å². The normalized spacial score (nSPS) is 11.4. The number of hydrazine groups is 1. The van der Waals surface area contributed by atoms with Gasteiger partial charge in [-0.15, -0.1) is 0 Å². The zero-order chi connectivity index (χ0) is 19.6. The van der Waals surface area contributed by atoms with Crippen LogP contribution in [0.2, 0.25) is 0 Å². The number of ether oxygens (including phenoxy) is 2. The van der Waals surface area contributed by atoms with Crippen molar-refractivity contribution in [3.63, 3.8) is 0 Å². The molecule has 0 saturated heterocycles. The second kappa shape index (κ2) is 10.2. The molecule has 1 atom stereocenters. The first-order chi connectivity index (χ1) is 13.1. The van der Waals surface area contributed by atoms with Gasteiger partial charge in [-0.1, -0.05) is 43.7 Å². The van der Waals surface area contributed by atoms with Gasteiger partial charge >= 0.3 is 0 Å². The molecule has 6 heteroatoms. The molecule has 6 nitrogen and oxygen atoms in total. The Morgan fingerprint density at radius 3 is 2.37 bits per heavy atom. The molecule has 0 spiro atoms. The minimum absolute atomic E-state index is 0.241. The number of hydrogen-bond acceptors (Lipinski definition) is 4. The number of carbonyl (C=O) groups is 2. The van der Waals surface area contributed by atoms with Crippen LogP contribution in [0.5, 0.6) is 11.5 Å². The zero-order valence-corrected chi connectivity index (χ0v) is 16.0. The van der Waals surface area contributed by atoms with Crippen LogP contribution in [0.25, 0.3) is 0 Å². The molecular formula is C21H26N2O4. The largest absolute Gasteiger partial charge is 0.493 e. The highest BCUT2D eigenvalue weighted by atomic mass is 16.5. The lowest BCUT2D eigenvalue weighted by molar-refractivity contribution is -0.123. The quantitative estimate of drug-likeness (QED) is 0.698. The Balaban J connectivity index is 2.04. The van der Waals surface area contributed by atoms with Gasteiger partial charge in [-0.25, -0.2) is 0 Å². The first kappa shape index (κ1) is 20.3. The van der Waals surface area contributed by atoms with Crippen molar-refractivity contribution in [1.82, 2.24) is 10.9 Å². The van der Waals surface area contributed by atoms with E-state index >= 15 is 0 Å². The lowest BCUT2D eigenvalue weighted by atomic mass is 9.94. The van der Waals surface area contributed by atoms with Gasteiger partial charge in [0.1, 0.15) is 0 Å². The SMILES string of the molecule is CCC[C@@H](C(=O)NNC(=O)c1ccc(OCC)c(OC)c1)c1ccccc1. The predicted octanol–water partition coefficient (Wildman–Crippen LogP) is 3.44. The third-order valence-electron chi connectivity index (χ3n) is 4.12. The van der Waals surface area contributed by atoms with Crippen LogP contribution in [0, 0.1) is 0 Å². The molecule has 27 heavy (non-hydrogen) atoms. The molecular weight excluding hydrogens is 344 g/mol. The summed E-state index contributed by atoms with van der Waals surface area (Å²) in [5.74, 6) is 0.0466. The monoisotopic (exact) mass is 370 g/mol. The average molecular weight is 370 g/mol. The van der Waals surface area contributed by atoms with Crippen LogP contribution in [0.4, 0.5) is 0 Å². The maximum absolute atomic E-state index is 12.6. The summed E-state index contributed by atoms with van der Waals surface area (Å²) in [7, 11) is 1.51. The Labute approximate surface area is 159 Å². The molecule has 0 saturated carbocycles. The maximum Gasteiger partial charge on any atom is 0.269 e. The van der Waals surface area contributed by atoms with E-state index in [2.05, 4.69) is 10.9 Å². The lowest BCUT2D eigenvalue weighted by Crippen LogP contribution is -2.44. The summed E-state index contributed by atoms with van der Waals surface area (Å²) >= 11 is 0. The van der Waals surface area contributed by atoms with Gasteiger partial charge in [0.15, 0.2) is 11.5 Å². The number of rotatable bonds is 8. The van der Waals surface area contributed by atoms with Crippen molar-refractivity contribution < 1.29 is 19.1 Å². The number of hydrogen-bond donors (Lipinski definition) is 2. The third-order valence-corrected chi connectivity index (χ3v) is 4.12.